The Kier molecular flexibility index (Phi) is 5.41. The first-order valence-corrected chi connectivity index (χ1v) is 7.93. The highest BCUT2D eigenvalue weighted by atomic mass is 16.3. The number of likely N-dealkylation sites (tertiary alicyclic amines) is 1. The number of carbonyl (C=O) groups is 1. The average molecular weight is 283 g/mol. The van der Waals surface area contributed by atoms with E-state index in [4.69, 9.17) is 5.73 Å². The van der Waals surface area contributed by atoms with Gasteiger partial charge in [-0.15, -0.1) is 0 Å². The number of hydrogen-bond acceptors (Lipinski definition) is 4. The number of amides is 1. The van der Waals surface area contributed by atoms with Gasteiger partial charge in [-0.2, -0.15) is 0 Å². The van der Waals surface area contributed by atoms with Gasteiger partial charge in [0.1, 0.15) is 0 Å². The van der Waals surface area contributed by atoms with Crippen LogP contribution in [0.3, 0.4) is 0 Å². The minimum absolute atomic E-state index is 0.0404. The Morgan fingerprint density at radius 3 is 2.45 bits per heavy atom. The molecule has 1 aliphatic carbocycles. The third kappa shape index (κ3) is 3.15. The fourth-order valence-electron chi connectivity index (χ4n) is 3.73. The Hall–Kier alpha value is -0.650. The van der Waals surface area contributed by atoms with E-state index in [0.717, 1.165) is 51.6 Å². The second-order valence-corrected chi connectivity index (χ2v) is 6.45. The zero-order chi connectivity index (χ0) is 14.6. The Morgan fingerprint density at radius 2 is 1.95 bits per heavy atom. The maximum atomic E-state index is 13.0. The van der Waals surface area contributed by atoms with Crippen molar-refractivity contribution in [1.29, 1.82) is 0 Å². The lowest BCUT2D eigenvalue weighted by Gasteiger charge is -2.41. The molecule has 20 heavy (non-hydrogen) atoms. The molecule has 5 heteroatoms. The highest BCUT2D eigenvalue weighted by Gasteiger charge is 2.44. The van der Waals surface area contributed by atoms with Crippen molar-refractivity contribution in [3.8, 4) is 0 Å². The van der Waals surface area contributed by atoms with Crippen LogP contribution in [0.2, 0.25) is 0 Å². The van der Waals surface area contributed by atoms with E-state index < -0.39 is 0 Å². The molecule has 0 radical (unpaired) electrons. The van der Waals surface area contributed by atoms with Crippen LogP contribution in [0.25, 0.3) is 0 Å². The fourth-order valence-corrected chi connectivity index (χ4v) is 3.73. The molecule has 1 amide bonds. The molecule has 1 saturated carbocycles. The molecule has 1 heterocycles. The summed E-state index contributed by atoms with van der Waals surface area (Å²) in [6.45, 7) is 2.99. The number of nitrogens with zero attached hydrogens (tertiary/aromatic N) is 2. The third-order valence-electron chi connectivity index (χ3n) is 5.14. The number of hydrogen-bond donors (Lipinski definition) is 2. The maximum absolute atomic E-state index is 13.0. The molecule has 2 aliphatic rings. The number of nitrogens with two attached hydrogens (primary N) is 1. The first-order valence-electron chi connectivity index (χ1n) is 7.93. The van der Waals surface area contributed by atoms with E-state index in [0.29, 0.717) is 13.1 Å². The third-order valence-corrected chi connectivity index (χ3v) is 5.14. The van der Waals surface area contributed by atoms with Crippen LogP contribution in [0.15, 0.2) is 0 Å². The number of piperidine rings is 1. The van der Waals surface area contributed by atoms with Crippen molar-refractivity contribution in [2.45, 2.75) is 44.6 Å². The van der Waals surface area contributed by atoms with Crippen LogP contribution >= 0.6 is 0 Å². The fraction of sp³-hybridized carbons (Fsp3) is 0.933. The molecule has 0 bridgehead atoms. The summed E-state index contributed by atoms with van der Waals surface area (Å²) < 4.78 is 0. The van der Waals surface area contributed by atoms with Crippen molar-refractivity contribution in [2.24, 2.45) is 11.1 Å². The first kappa shape index (κ1) is 15.7. The van der Waals surface area contributed by atoms with E-state index >= 15 is 0 Å². The van der Waals surface area contributed by atoms with Gasteiger partial charge in [0, 0.05) is 19.1 Å². The SMILES string of the molecule is CN1CCC(N(CCO)C(=O)C2(CN)CCCC2)CC1. The lowest BCUT2D eigenvalue weighted by Crippen LogP contribution is -2.54. The van der Waals surface area contributed by atoms with Gasteiger partial charge in [-0.05, 0) is 45.8 Å². The normalized spacial score (nSPS) is 23.9. The van der Waals surface area contributed by atoms with Crippen molar-refractivity contribution in [1.82, 2.24) is 9.80 Å². The van der Waals surface area contributed by atoms with E-state index in [2.05, 4.69) is 11.9 Å². The molecule has 2 fully saturated rings. The molecule has 0 aromatic heterocycles. The maximum Gasteiger partial charge on any atom is 0.230 e. The van der Waals surface area contributed by atoms with Crippen LogP contribution in [-0.4, -0.2) is 66.7 Å². The molecule has 0 aromatic rings. The summed E-state index contributed by atoms with van der Waals surface area (Å²) in [7, 11) is 2.12. The zero-order valence-electron chi connectivity index (χ0n) is 12.7. The molecule has 3 N–H and O–H groups in total. The Bertz CT molecular complexity index is 321. The molecule has 5 nitrogen and oxygen atoms in total. The van der Waals surface area contributed by atoms with E-state index in [-0.39, 0.29) is 24.0 Å². The molecule has 0 spiro atoms. The zero-order valence-corrected chi connectivity index (χ0v) is 12.7. The highest BCUT2D eigenvalue weighted by molar-refractivity contribution is 5.83. The molecular formula is C15H29N3O2. The lowest BCUT2D eigenvalue weighted by atomic mass is 9.83. The van der Waals surface area contributed by atoms with Crippen LogP contribution in [0.4, 0.5) is 0 Å². The van der Waals surface area contributed by atoms with Gasteiger partial charge in [-0.1, -0.05) is 12.8 Å². The number of carbonyl (C=O) groups excluding carboxylic acids is 1. The first-order chi connectivity index (χ1) is 9.63. The summed E-state index contributed by atoms with van der Waals surface area (Å²) in [5.41, 5.74) is 5.59. The van der Waals surface area contributed by atoms with Gasteiger partial charge in [0.25, 0.3) is 0 Å². The summed E-state index contributed by atoms with van der Waals surface area (Å²) >= 11 is 0. The molecule has 0 unspecified atom stereocenters. The van der Waals surface area contributed by atoms with Gasteiger partial charge >= 0.3 is 0 Å². The predicted octanol–water partition coefficient (Wildman–Crippen LogP) is 0.421. The summed E-state index contributed by atoms with van der Waals surface area (Å²) in [5, 5.41) is 9.33. The summed E-state index contributed by atoms with van der Waals surface area (Å²) in [6, 6.07) is 0.273. The van der Waals surface area contributed by atoms with Crippen molar-refractivity contribution in [2.75, 3.05) is 39.8 Å². The van der Waals surface area contributed by atoms with Gasteiger partial charge in [0.15, 0.2) is 0 Å². The molecule has 116 valence electrons. The molecule has 1 aliphatic heterocycles. The van der Waals surface area contributed by atoms with E-state index in [9.17, 15) is 9.90 Å². The van der Waals surface area contributed by atoms with Crippen LogP contribution in [0, 0.1) is 5.41 Å². The number of rotatable bonds is 5. The Morgan fingerprint density at radius 1 is 1.35 bits per heavy atom. The topological polar surface area (TPSA) is 69.8 Å². The van der Waals surface area contributed by atoms with Gasteiger partial charge in [-0.25, -0.2) is 0 Å². The van der Waals surface area contributed by atoms with Crippen molar-refractivity contribution in [3.63, 3.8) is 0 Å². The van der Waals surface area contributed by atoms with E-state index in [1.165, 1.54) is 0 Å². The standard InChI is InChI=1S/C15H29N3O2/c1-17-8-4-13(5-9-17)18(10-11-19)14(20)15(12-16)6-2-3-7-15/h13,19H,2-12,16H2,1H3. The van der Waals surface area contributed by atoms with E-state index in [1.54, 1.807) is 0 Å². The van der Waals surface area contributed by atoms with Crippen LogP contribution < -0.4 is 5.73 Å². The highest BCUT2D eigenvalue weighted by Crippen LogP contribution is 2.39. The van der Waals surface area contributed by atoms with Gasteiger partial charge < -0.3 is 20.6 Å². The van der Waals surface area contributed by atoms with Crippen molar-refractivity contribution < 1.29 is 9.90 Å². The van der Waals surface area contributed by atoms with Crippen LogP contribution in [0.5, 0.6) is 0 Å². The number of aliphatic hydroxyl groups is 1. The van der Waals surface area contributed by atoms with Crippen molar-refractivity contribution in [3.05, 3.63) is 0 Å². The second kappa shape index (κ2) is 6.87. The van der Waals surface area contributed by atoms with Gasteiger partial charge in [-0.3, -0.25) is 4.79 Å². The second-order valence-electron chi connectivity index (χ2n) is 6.45. The Labute approximate surface area is 122 Å². The molecule has 0 atom stereocenters. The number of aliphatic hydroxyl groups excluding tert-OH is 1. The van der Waals surface area contributed by atoms with Gasteiger partial charge in [0.2, 0.25) is 5.91 Å². The average Bonchev–Trinajstić information content (AvgIpc) is 2.95. The quantitative estimate of drug-likeness (QED) is 0.767. The van der Waals surface area contributed by atoms with Crippen LogP contribution in [-0.2, 0) is 4.79 Å². The molecule has 0 aromatic carbocycles. The largest absolute Gasteiger partial charge is 0.395 e. The van der Waals surface area contributed by atoms with Crippen LogP contribution in [0.1, 0.15) is 38.5 Å². The Balaban J connectivity index is 2.09. The van der Waals surface area contributed by atoms with Gasteiger partial charge in [0.05, 0.1) is 12.0 Å². The minimum Gasteiger partial charge on any atom is -0.395 e. The smallest absolute Gasteiger partial charge is 0.230 e. The minimum atomic E-state index is -0.349. The predicted molar refractivity (Wildman–Crippen MR) is 79.3 cm³/mol. The molecule has 1 saturated heterocycles. The summed E-state index contributed by atoms with van der Waals surface area (Å²) in [5.74, 6) is 0.195. The lowest BCUT2D eigenvalue weighted by molar-refractivity contribution is -0.145. The molecule has 2 rings (SSSR count). The summed E-state index contributed by atoms with van der Waals surface area (Å²) in [4.78, 5) is 17.2. The van der Waals surface area contributed by atoms with Crippen molar-refractivity contribution >= 4 is 5.91 Å². The monoisotopic (exact) mass is 283 g/mol. The molecular weight excluding hydrogens is 254 g/mol. The van der Waals surface area contributed by atoms with E-state index in [1.807, 2.05) is 4.90 Å². The summed E-state index contributed by atoms with van der Waals surface area (Å²) in [6.07, 6.45) is 6.03.